The number of rotatable bonds is 3. The molecule has 0 unspecified atom stereocenters. The van der Waals surface area contributed by atoms with Gasteiger partial charge in [0.05, 0.1) is 6.54 Å². The van der Waals surface area contributed by atoms with Crippen molar-refractivity contribution >= 4 is 29.2 Å². The minimum absolute atomic E-state index is 0.683. The molecule has 0 aliphatic carbocycles. The molecule has 0 saturated heterocycles. The Labute approximate surface area is 111 Å². The van der Waals surface area contributed by atoms with Crippen LogP contribution in [-0.4, -0.2) is 37.5 Å². The van der Waals surface area contributed by atoms with E-state index in [1.807, 2.05) is 19.2 Å². The van der Waals surface area contributed by atoms with Crippen LogP contribution in [0.2, 0.25) is 10.0 Å². The molecule has 0 aromatic heterocycles. The minimum Gasteiger partial charge on any atom is -0.356 e. The van der Waals surface area contributed by atoms with E-state index in [1.54, 1.807) is 6.07 Å². The highest BCUT2D eigenvalue weighted by Crippen LogP contribution is 2.19. The summed E-state index contributed by atoms with van der Waals surface area (Å²) < 4.78 is 0. The first-order valence-corrected chi connectivity index (χ1v) is 6.35. The molecule has 0 spiro atoms. The standard InChI is InChI=1S/C12H15Cl2N3/c1-17-5-4-16-12(17)15-3-2-9-6-10(13)8-11(14)7-9/h6-8H,2-5H2,1H3,(H,15,16). The van der Waals surface area contributed by atoms with Gasteiger partial charge >= 0.3 is 0 Å². The van der Waals surface area contributed by atoms with Gasteiger partial charge in [-0.3, -0.25) is 4.99 Å². The summed E-state index contributed by atoms with van der Waals surface area (Å²) in [4.78, 5) is 6.48. The van der Waals surface area contributed by atoms with Gasteiger partial charge < -0.3 is 10.2 Å². The Morgan fingerprint density at radius 1 is 1.29 bits per heavy atom. The highest BCUT2D eigenvalue weighted by molar-refractivity contribution is 6.34. The Hall–Kier alpha value is -0.930. The Bertz CT molecular complexity index is 412. The molecule has 1 aromatic rings. The second kappa shape index (κ2) is 5.61. The summed E-state index contributed by atoms with van der Waals surface area (Å²) in [5.41, 5.74) is 1.14. The number of nitrogens with zero attached hydrogens (tertiary/aromatic N) is 2. The van der Waals surface area contributed by atoms with Gasteiger partial charge in [-0.25, -0.2) is 0 Å². The summed E-state index contributed by atoms with van der Waals surface area (Å²) in [6.07, 6.45) is 0.882. The van der Waals surface area contributed by atoms with E-state index in [-0.39, 0.29) is 0 Å². The molecule has 1 aliphatic heterocycles. The summed E-state index contributed by atoms with van der Waals surface area (Å²) >= 11 is 11.9. The van der Waals surface area contributed by atoms with Crippen molar-refractivity contribution in [3.63, 3.8) is 0 Å². The zero-order valence-corrected chi connectivity index (χ0v) is 11.2. The summed E-state index contributed by atoms with van der Waals surface area (Å²) in [5, 5.41) is 4.67. The topological polar surface area (TPSA) is 27.6 Å². The van der Waals surface area contributed by atoms with Crippen LogP contribution >= 0.6 is 23.2 Å². The van der Waals surface area contributed by atoms with Crippen molar-refractivity contribution < 1.29 is 0 Å². The molecule has 92 valence electrons. The number of hydrogen-bond donors (Lipinski definition) is 1. The summed E-state index contributed by atoms with van der Waals surface area (Å²) in [6.45, 7) is 2.70. The van der Waals surface area contributed by atoms with Crippen LogP contribution in [0.4, 0.5) is 0 Å². The Kier molecular flexibility index (Phi) is 4.13. The van der Waals surface area contributed by atoms with Crippen LogP contribution in [0.3, 0.4) is 0 Å². The average Bonchev–Trinajstić information content (AvgIpc) is 2.63. The number of aliphatic imine (C=N–C) groups is 1. The van der Waals surface area contributed by atoms with Crippen LogP contribution in [0.15, 0.2) is 23.2 Å². The van der Waals surface area contributed by atoms with Gasteiger partial charge in [0.15, 0.2) is 5.96 Å². The van der Waals surface area contributed by atoms with Gasteiger partial charge in [0.25, 0.3) is 0 Å². The molecule has 0 saturated carbocycles. The maximum Gasteiger partial charge on any atom is 0.193 e. The first-order chi connectivity index (χ1) is 8.15. The molecule has 1 aliphatic rings. The van der Waals surface area contributed by atoms with Crippen molar-refractivity contribution in [1.82, 2.24) is 10.2 Å². The van der Waals surface area contributed by atoms with E-state index in [4.69, 9.17) is 23.2 Å². The van der Waals surface area contributed by atoms with Crippen molar-refractivity contribution in [2.75, 3.05) is 26.7 Å². The van der Waals surface area contributed by atoms with Crippen LogP contribution in [0.5, 0.6) is 0 Å². The lowest BCUT2D eigenvalue weighted by Gasteiger charge is -2.15. The molecule has 0 bridgehead atoms. The van der Waals surface area contributed by atoms with E-state index in [1.165, 1.54) is 0 Å². The van der Waals surface area contributed by atoms with E-state index in [0.29, 0.717) is 10.0 Å². The van der Waals surface area contributed by atoms with Crippen molar-refractivity contribution in [1.29, 1.82) is 0 Å². The van der Waals surface area contributed by atoms with E-state index in [2.05, 4.69) is 15.2 Å². The highest BCUT2D eigenvalue weighted by Gasteiger charge is 2.10. The second-order valence-electron chi connectivity index (χ2n) is 4.08. The quantitative estimate of drug-likeness (QED) is 0.915. The molecule has 5 heteroatoms. The van der Waals surface area contributed by atoms with Crippen LogP contribution in [0, 0.1) is 0 Å². The number of guanidine groups is 1. The lowest BCUT2D eigenvalue weighted by atomic mass is 10.1. The molecule has 0 radical (unpaired) electrons. The van der Waals surface area contributed by atoms with Crippen molar-refractivity contribution in [2.45, 2.75) is 6.42 Å². The normalized spacial score (nSPS) is 15.0. The molecular weight excluding hydrogens is 257 g/mol. The fourth-order valence-electron chi connectivity index (χ4n) is 1.80. The van der Waals surface area contributed by atoms with Crippen LogP contribution in [0.1, 0.15) is 5.56 Å². The van der Waals surface area contributed by atoms with Gasteiger partial charge in [-0.15, -0.1) is 0 Å². The van der Waals surface area contributed by atoms with Crippen molar-refractivity contribution in [3.05, 3.63) is 33.8 Å². The molecular formula is C12H15Cl2N3. The number of nitrogens with one attached hydrogen (secondary N) is 1. The average molecular weight is 272 g/mol. The maximum absolute atomic E-state index is 5.94. The van der Waals surface area contributed by atoms with Gasteiger partial charge in [0.1, 0.15) is 0 Å². The lowest BCUT2D eigenvalue weighted by Crippen LogP contribution is -2.36. The van der Waals surface area contributed by atoms with E-state index >= 15 is 0 Å². The molecule has 1 heterocycles. The lowest BCUT2D eigenvalue weighted by molar-refractivity contribution is 0.534. The van der Waals surface area contributed by atoms with Crippen molar-refractivity contribution in [3.8, 4) is 0 Å². The molecule has 2 rings (SSSR count). The molecule has 17 heavy (non-hydrogen) atoms. The molecule has 1 N–H and O–H groups in total. The predicted molar refractivity (Wildman–Crippen MR) is 73.1 cm³/mol. The third-order valence-electron chi connectivity index (χ3n) is 2.68. The highest BCUT2D eigenvalue weighted by atomic mass is 35.5. The van der Waals surface area contributed by atoms with Gasteiger partial charge in [-0.1, -0.05) is 23.2 Å². The minimum atomic E-state index is 0.683. The van der Waals surface area contributed by atoms with Gasteiger partial charge in [-0.2, -0.15) is 0 Å². The Balaban J connectivity index is 1.85. The fraction of sp³-hybridized carbons (Fsp3) is 0.417. The Morgan fingerprint density at radius 2 is 2.00 bits per heavy atom. The summed E-state index contributed by atoms with van der Waals surface area (Å²) in [5.74, 6) is 0.970. The largest absolute Gasteiger partial charge is 0.356 e. The van der Waals surface area contributed by atoms with Gasteiger partial charge in [0.2, 0.25) is 0 Å². The molecule has 0 fully saturated rings. The molecule has 1 aromatic carbocycles. The Morgan fingerprint density at radius 3 is 2.59 bits per heavy atom. The monoisotopic (exact) mass is 271 g/mol. The zero-order valence-electron chi connectivity index (χ0n) is 9.71. The second-order valence-corrected chi connectivity index (χ2v) is 4.95. The SMILES string of the molecule is CN1CCN=C1NCCc1cc(Cl)cc(Cl)c1. The molecule has 3 nitrogen and oxygen atoms in total. The van der Waals surface area contributed by atoms with Gasteiger partial charge in [0, 0.05) is 30.2 Å². The molecule has 0 amide bonds. The maximum atomic E-state index is 5.94. The number of hydrogen-bond acceptors (Lipinski definition) is 3. The van der Waals surface area contributed by atoms with Crippen LogP contribution in [-0.2, 0) is 6.42 Å². The van der Waals surface area contributed by atoms with Crippen LogP contribution in [0.25, 0.3) is 0 Å². The van der Waals surface area contributed by atoms with Gasteiger partial charge in [-0.05, 0) is 30.2 Å². The van der Waals surface area contributed by atoms with E-state index in [9.17, 15) is 0 Å². The fourth-order valence-corrected chi connectivity index (χ4v) is 2.37. The summed E-state index contributed by atoms with van der Waals surface area (Å²) in [7, 11) is 2.04. The van der Waals surface area contributed by atoms with E-state index in [0.717, 1.165) is 37.6 Å². The third-order valence-corrected chi connectivity index (χ3v) is 3.11. The third kappa shape index (κ3) is 3.51. The van der Waals surface area contributed by atoms with Crippen LogP contribution < -0.4 is 5.32 Å². The first kappa shape index (κ1) is 12.5. The van der Waals surface area contributed by atoms with E-state index < -0.39 is 0 Å². The smallest absolute Gasteiger partial charge is 0.193 e. The summed E-state index contributed by atoms with van der Waals surface area (Å²) in [6, 6.07) is 5.62. The number of halogens is 2. The molecule has 0 atom stereocenters. The zero-order chi connectivity index (χ0) is 12.3. The van der Waals surface area contributed by atoms with Crippen molar-refractivity contribution in [2.24, 2.45) is 4.99 Å². The first-order valence-electron chi connectivity index (χ1n) is 5.59. The number of benzene rings is 1. The number of likely N-dealkylation sites (N-methyl/N-ethyl adjacent to an activating group) is 1. The predicted octanol–water partition coefficient (Wildman–Crippen LogP) is 2.43.